The summed E-state index contributed by atoms with van der Waals surface area (Å²) in [6, 6.07) is 12.3. The van der Waals surface area contributed by atoms with Crippen LogP contribution < -0.4 is 5.69 Å². The van der Waals surface area contributed by atoms with E-state index in [4.69, 9.17) is 11.6 Å². The summed E-state index contributed by atoms with van der Waals surface area (Å²) in [4.78, 5) is 30.0. The van der Waals surface area contributed by atoms with Gasteiger partial charge in [-0.25, -0.2) is 13.2 Å². The van der Waals surface area contributed by atoms with Gasteiger partial charge in [0.15, 0.2) is 0 Å². The number of piperazine rings is 1. The Morgan fingerprint density at radius 3 is 2.32 bits per heavy atom. The molecule has 164 valence electrons. The lowest BCUT2D eigenvalue weighted by Crippen LogP contribution is -2.49. The predicted molar refractivity (Wildman–Crippen MR) is 119 cm³/mol. The Morgan fingerprint density at radius 2 is 1.68 bits per heavy atom. The van der Waals surface area contributed by atoms with Crippen molar-refractivity contribution in [2.75, 3.05) is 32.7 Å². The summed E-state index contributed by atoms with van der Waals surface area (Å²) in [6.45, 7) is 5.51. The number of para-hydroxylation sites is 2. The third-order valence-corrected chi connectivity index (χ3v) is 7.51. The minimum atomic E-state index is -4.20. The number of rotatable bonds is 5. The number of carbonyl (C=O) groups excluding carboxylic acids is 1. The predicted octanol–water partition coefficient (Wildman–Crippen LogP) is 1.86. The van der Waals surface area contributed by atoms with Crippen LogP contribution in [0.15, 0.2) is 58.2 Å². The van der Waals surface area contributed by atoms with E-state index in [2.05, 4.69) is 11.8 Å². The zero-order valence-electron chi connectivity index (χ0n) is 17.1. The van der Waals surface area contributed by atoms with Crippen LogP contribution in [0.1, 0.15) is 6.92 Å². The van der Waals surface area contributed by atoms with E-state index in [9.17, 15) is 18.0 Å². The van der Waals surface area contributed by atoms with Gasteiger partial charge in [-0.3, -0.25) is 9.36 Å². The molecule has 3 aromatic rings. The number of benzene rings is 2. The highest BCUT2D eigenvalue weighted by atomic mass is 35.5. The lowest BCUT2D eigenvalue weighted by atomic mass is 10.3. The first-order valence-corrected chi connectivity index (χ1v) is 11.9. The Bertz CT molecular complexity index is 1290. The second kappa shape index (κ2) is 8.49. The zero-order chi connectivity index (χ0) is 22.2. The number of halogens is 1. The molecule has 2 heterocycles. The van der Waals surface area contributed by atoms with Gasteiger partial charge < -0.3 is 9.80 Å². The van der Waals surface area contributed by atoms with Gasteiger partial charge in [0.05, 0.1) is 15.9 Å². The van der Waals surface area contributed by atoms with E-state index in [1.807, 2.05) is 0 Å². The molecule has 1 aliphatic heterocycles. The Labute approximate surface area is 185 Å². The van der Waals surface area contributed by atoms with Gasteiger partial charge in [0.1, 0.15) is 6.54 Å². The second-order valence-corrected chi connectivity index (χ2v) is 9.62. The van der Waals surface area contributed by atoms with Crippen LogP contribution in [0.5, 0.6) is 0 Å². The molecule has 0 atom stereocenters. The number of nitrogens with zero attached hydrogens (tertiary/aromatic N) is 4. The summed E-state index contributed by atoms with van der Waals surface area (Å²) in [6.07, 6.45) is 0. The Balaban J connectivity index is 1.74. The number of likely N-dealkylation sites (N-methyl/N-ethyl adjacent to an activating group) is 1. The molecule has 31 heavy (non-hydrogen) atoms. The number of fused-ring (bicyclic) bond motifs is 1. The molecule has 10 heteroatoms. The lowest BCUT2D eigenvalue weighted by Gasteiger charge is -2.34. The molecule has 1 fully saturated rings. The van der Waals surface area contributed by atoms with Crippen LogP contribution in [-0.4, -0.2) is 65.4 Å². The number of imidazole rings is 1. The van der Waals surface area contributed by atoms with Crippen molar-refractivity contribution in [3.63, 3.8) is 0 Å². The Hall–Kier alpha value is -2.62. The van der Waals surface area contributed by atoms with Crippen LogP contribution in [0.4, 0.5) is 0 Å². The normalized spacial score (nSPS) is 15.5. The Kier molecular flexibility index (Phi) is 5.92. The molecular weight excluding hydrogens is 440 g/mol. The maximum atomic E-state index is 13.3. The van der Waals surface area contributed by atoms with Crippen molar-refractivity contribution in [3.8, 4) is 0 Å². The topological polar surface area (TPSA) is 84.6 Å². The third kappa shape index (κ3) is 4.00. The van der Waals surface area contributed by atoms with E-state index in [0.29, 0.717) is 18.6 Å². The first-order valence-electron chi connectivity index (χ1n) is 10.0. The molecule has 0 spiro atoms. The molecule has 1 aliphatic rings. The van der Waals surface area contributed by atoms with Crippen molar-refractivity contribution in [1.29, 1.82) is 0 Å². The van der Waals surface area contributed by atoms with Crippen LogP contribution in [0.25, 0.3) is 11.0 Å². The van der Waals surface area contributed by atoms with Crippen molar-refractivity contribution < 1.29 is 13.2 Å². The standard InChI is InChI=1S/C21H23ClN4O4S/c1-2-23-10-12-24(13-11-23)20(27)15-25-18-8-3-4-9-19(18)26(21(25)28)31(29,30)17-7-5-6-16(22)14-17/h3-9,14H,2,10-13,15H2,1H3. The largest absolute Gasteiger partial charge is 0.343 e. The number of hydrogen-bond donors (Lipinski definition) is 0. The molecule has 4 rings (SSSR count). The molecule has 0 aliphatic carbocycles. The number of hydrogen-bond acceptors (Lipinski definition) is 5. The van der Waals surface area contributed by atoms with E-state index < -0.39 is 15.7 Å². The van der Waals surface area contributed by atoms with E-state index in [1.165, 1.54) is 22.8 Å². The minimum absolute atomic E-state index is 0.0907. The summed E-state index contributed by atoms with van der Waals surface area (Å²) >= 11 is 5.97. The van der Waals surface area contributed by atoms with Crippen molar-refractivity contribution in [3.05, 3.63) is 64.0 Å². The average molecular weight is 463 g/mol. The average Bonchev–Trinajstić information content (AvgIpc) is 3.05. The number of amides is 1. The molecule has 1 amide bonds. The first kappa shape index (κ1) is 21.6. The smallest absolute Gasteiger partial charge is 0.339 e. The van der Waals surface area contributed by atoms with Crippen LogP contribution in [-0.2, 0) is 21.4 Å². The highest BCUT2D eigenvalue weighted by Gasteiger charge is 2.27. The summed E-state index contributed by atoms with van der Waals surface area (Å²) in [7, 11) is -4.20. The molecule has 0 saturated carbocycles. The number of aromatic nitrogens is 2. The summed E-state index contributed by atoms with van der Waals surface area (Å²) in [5.74, 6) is -0.207. The molecular formula is C21H23ClN4O4S. The van der Waals surface area contributed by atoms with Gasteiger partial charge in [-0.1, -0.05) is 36.7 Å². The molecule has 0 unspecified atom stereocenters. The van der Waals surface area contributed by atoms with Crippen molar-refractivity contribution in [2.24, 2.45) is 0 Å². The highest BCUT2D eigenvalue weighted by molar-refractivity contribution is 7.90. The van der Waals surface area contributed by atoms with E-state index in [-0.39, 0.29) is 27.9 Å². The summed E-state index contributed by atoms with van der Waals surface area (Å²) in [5, 5.41) is 0.249. The van der Waals surface area contributed by atoms with Gasteiger partial charge in [0.2, 0.25) is 5.91 Å². The fourth-order valence-electron chi connectivity index (χ4n) is 3.85. The van der Waals surface area contributed by atoms with Gasteiger partial charge in [-0.15, -0.1) is 0 Å². The number of carbonyl (C=O) groups is 1. The fourth-order valence-corrected chi connectivity index (χ4v) is 5.56. The maximum Gasteiger partial charge on any atom is 0.343 e. The van der Waals surface area contributed by atoms with Crippen molar-refractivity contribution in [1.82, 2.24) is 18.3 Å². The van der Waals surface area contributed by atoms with Gasteiger partial charge >= 0.3 is 5.69 Å². The SMILES string of the molecule is CCN1CCN(C(=O)Cn2c(=O)n(S(=O)(=O)c3cccc(Cl)c3)c3ccccc32)CC1. The molecule has 2 aromatic carbocycles. The molecule has 8 nitrogen and oxygen atoms in total. The molecule has 0 N–H and O–H groups in total. The van der Waals surface area contributed by atoms with Gasteiger partial charge in [-0.2, -0.15) is 3.97 Å². The molecule has 1 aromatic heterocycles. The van der Waals surface area contributed by atoms with E-state index in [1.54, 1.807) is 35.2 Å². The van der Waals surface area contributed by atoms with Gasteiger partial charge in [0, 0.05) is 31.2 Å². The lowest BCUT2D eigenvalue weighted by molar-refractivity contribution is -0.133. The van der Waals surface area contributed by atoms with Crippen LogP contribution >= 0.6 is 11.6 Å². The quantitative estimate of drug-likeness (QED) is 0.577. The van der Waals surface area contributed by atoms with Crippen LogP contribution in [0.2, 0.25) is 5.02 Å². The van der Waals surface area contributed by atoms with Crippen molar-refractivity contribution >= 4 is 38.6 Å². The fraction of sp³-hybridized carbons (Fsp3) is 0.333. The monoisotopic (exact) mass is 462 g/mol. The van der Waals surface area contributed by atoms with Gasteiger partial charge in [-0.05, 0) is 36.9 Å². The first-order chi connectivity index (χ1) is 14.8. The third-order valence-electron chi connectivity index (χ3n) is 5.60. The molecule has 0 bridgehead atoms. The minimum Gasteiger partial charge on any atom is -0.339 e. The summed E-state index contributed by atoms with van der Waals surface area (Å²) < 4.78 is 28.5. The highest BCUT2D eigenvalue weighted by Crippen LogP contribution is 2.22. The Morgan fingerprint density at radius 1 is 1.00 bits per heavy atom. The maximum absolute atomic E-state index is 13.3. The van der Waals surface area contributed by atoms with Crippen LogP contribution in [0, 0.1) is 0 Å². The molecule has 1 saturated heterocycles. The second-order valence-electron chi connectivity index (χ2n) is 7.40. The summed E-state index contributed by atoms with van der Waals surface area (Å²) in [5.41, 5.74) is -0.170. The zero-order valence-corrected chi connectivity index (χ0v) is 18.6. The van der Waals surface area contributed by atoms with E-state index in [0.717, 1.165) is 23.6 Å². The van der Waals surface area contributed by atoms with Crippen LogP contribution in [0.3, 0.4) is 0 Å². The molecule has 0 radical (unpaired) electrons. The van der Waals surface area contributed by atoms with E-state index >= 15 is 0 Å². The van der Waals surface area contributed by atoms with Gasteiger partial charge in [0.25, 0.3) is 10.0 Å². The van der Waals surface area contributed by atoms with Crippen molar-refractivity contribution in [2.45, 2.75) is 18.4 Å².